The molecule has 46 heavy (non-hydrogen) atoms. The molecule has 0 unspecified atom stereocenters. The number of carbonyl (C=O) groups is 1. The van der Waals surface area contributed by atoms with E-state index in [0.29, 0.717) is 36.8 Å². The van der Waals surface area contributed by atoms with Gasteiger partial charge in [-0.25, -0.2) is 13.2 Å². The summed E-state index contributed by atoms with van der Waals surface area (Å²) in [6.45, 7) is 7.10. The van der Waals surface area contributed by atoms with Gasteiger partial charge < -0.3 is 10.2 Å². The molecule has 1 fully saturated rings. The quantitative estimate of drug-likeness (QED) is 0.0992. The highest BCUT2D eigenvalue weighted by Gasteiger charge is 2.28. The van der Waals surface area contributed by atoms with Crippen molar-refractivity contribution < 1.29 is 28.2 Å². The molecule has 0 heterocycles. The van der Waals surface area contributed by atoms with Crippen LogP contribution in [0.2, 0.25) is 0 Å². The van der Waals surface area contributed by atoms with Crippen LogP contribution < -0.4 is 0 Å². The number of hydrogen-bond acceptors (Lipinski definition) is 3. The van der Waals surface area contributed by atoms with E-state index in [2.05, 4.69) is 37.8 Å². The number of aliphatic hydroxyl groups excluding tert-OH is 2. The summed E-state index contributed by atoms with van der Waals surface area (Å²) in [6.07, 6.45) is 10.3. The topological polar surface area (TPSA) is 57.5 Å². The fraction of sp³-hybridized carbons (Fsp3) is 0.475. The van der Waals surface area contributed by atoms with E-state index in [0.717, 1.165) is 55.1 Å². The Balaban J connectivity index is 0.00000107. The van der Waals surface area contributed by atoms with Crippen LogP contribution in [-0.2, 0) is 11.2 Å². The van der Waals surface area contributed by atoms with Gasteiger partial charge in [-0.3, -0.25) is 4.79 Å². The summed E-state index contributed by atoms with van der Waals surface area (Å²) in [6, 6.07) is 16.9. The number of aliphatic hydroxyl groups is 2. The molecular formula is C40H51F3O3. The summed E-state index contributed by atoms with van der Waals surface area (Å²) in [7, 11) is 0. The van der Waals surface area contributed by atoms with Gasteiger partial charge in [-0.15, -0.1) is 0 Å². The van der Waals surface area contributed by atoms with Gasteiger partial charge in [0, 0.05) is 18.8 Å². The second-order valence-electron chi connectivity index (χ2n) is 12.7. The van der Waals surface area contributed by atoms with Crippen LogP contribution in [0.15, 0.2) is 66.7 Å². The van der Waals surface area contributed by atoms with Gasteiger partial charge in [-0.1, -0.05) is 62.7 Å². The summed E-state index contributed by atoms with van der Waals surface area (Å²) in [5.74, 6) is -1.51. The number of carbonyl (C=O) groups excluding carboxylic acids is 1. The lowest BCUT2D eigenvalue weighted by Gasteiger charge is -2.30. The highest BCUT2D eigenvalue weighted by molar-refractivity contribution is 5.70. The first-order valence-corrected chi connectivity index (χ1v) is 16.9. The maximum absolute atomic E-state index is 15.3. The van der Waals surface area contributed by atoms with Gasteiger partial charge in [0.25, 0.3) is 0 Å². The second-order valence-corrected chi connectivity index (χ2v) is 12.7. The molecule has 1 aliphatic carbocycles. The number of allylic oxidation sites excluding steroid dienone is 1. The van der Waals surface area contributed by atoms with E-state index in [1.165, 1.54) is 37.0 Å². The molecule has 0 aromatic heterocycles. The number of hydrogen-bond donors (Lipinski definition) is 2. The predicted molar refractivity (Wildman–Crippen MR) is 182 cm³/mol. The van der Waals surface area contributed by atoms with Crippen LogP contribution in [0.4, 0.5) is 13.2 Å². The van der Waals surface area contributed by atoms with Crippen molar-refractivity contribution in [3.05, 3.63) is 106 Å². The molecule has 3 nitrogen and oxygen atoms in total. The zero-order valence-electron chi connectivity index (χ0n) is 27.5. The van der Waals surface area contributed by atoms with Crippen LogP contribution in [0.3, 0.4) is 0 Å². The Bertz CT molecular complexity index is 1350. The second kappa shape index (κ2) is 19.4. The molecule has 1 saturated carbocycles. The first-order chi connectivity index (χ1) is 22.2. The molecule has 4 rings (SSSR count). The predicted octanol–water partition coefficient (Wildman–Crippen LogP) is 10.3. The molecule has 0 atom stereocenters. The number of aldehydes is 1. The summed E-state index contributed by atoms with van der Waals surface area (Å²) in [5, 5.41) is 18.4. The van der Waals surface area contributed by atoms with Crippen molar-refractivity contribution in [2.45, 2.75) is 109 Å². The molecule has 0 saturated heterocycles. The summed E-state index contributed by atoms with van der Waals surface area (Å²) < 4.78 is 45.7. The average molecular weight is 637 g/mol. The fourth-order valence-electron chi connectivity index (χ4n) is 6.56. The SMILES string of the molecule is C=C(C)C=O.CCCCCc1ccc(-c2ccc(C3CCC(c4cc(F)c(C(CCCO)CCCO)c(F)c4)CC3)c(F)c2)cc1. The van der Waals surface area contributed by atoms with Crippen LogP contribution in [-0.4, -0.2) is 29.7 Å². The molecule has 0 amide bonds. The average Bonchev–Trinajstić information content (AvgIpc) is 3.06. The standard InChI is InChI=1S/C36H45F3O2.C4H6O/c1-2-3-4-7-25-10-12-26(13-11-25)30-18-19-32(33(37)22-30)28-16-14-27(15-17-28)31-23-34(38)36(35(39)24-31)29(8-5-20-40)9-6-21-41;1-4(2)3-5/h10-13,18-19,22-24,27-29,40-41H,2-9,14-17,20-21H2,1H3;3H,1H2,2H3. The molecule has 0 aliphatic heterocycles. The third kappa shape index (κ3) is 10.9. The number of aryl methyl sites for hydroxylation is 1. The zero-order valence-corrected chi connectivity index (χ0v) is 27.5. The van der Waals surface area contributed by atoms with Crippen molar-refractivity contribution in [1.82, 2.24) is 0 Å². The Morgan fingerprint density at radius 1 is 0.804 bits per heavy atom. The molecular weight excluding hydrogens is 585 g/mol. The monoisotopic (exact) mass is 636 g/mol. The van der Waals surface area contributed by atoms with Crippen molar-refractivity contribution >= 4 is 6.29 Å². The van der Waals surface area contributed by atoms with Crippen LogP contribution >= 0.6 is 0 Å². The van der Waals surface area contributed by atoms with E-state index >= 15 is 13.2 Å². The summed E-state index contributed by atoms with van der Waals surface area (Å²) >= 11 is 0. The Morgan fingerprint density at radius 3 is 1.85 bits per heavy atom. The molecule has 3 aromatic rings. The van der Waals surface area contributed by atoms with Crippen molar-refractivity contribution in [3.63, 3.8) is 0 Å². The van der Waals surface area contributed by atoms with Gasteiger partial charge in [0.15, 0.2) is 0 Å². The van der Waals surface area contributed by atoms with E-state index in [1.54, 1.807) is 13.0 Å². The third-order valence-corrected chi connectivity index (χ3v) is 9.13. The highest BCUT2D eigenvalue weighted by atomic mass is 19.1. The van der Waals surface area contributed by atoms with Crippen LogP contribution in [0.1, 0.15) is 124 Å². The Morgan fingerprint density at radius 2 is 1.35 bits per heavy atom. The van der Waals surface area contributed by atoms with Gasteiger partial charge in [0.05, 0.1) is 0 Å². The first-order valence-electron chi connectivity index (χ1n) is 16.9. The minimum atomic E-state index is -0.543. The number of benzene rings is 3. The lowest BCUT2D eigenvalue weighted by Crippen LogP contribution is -2.15. The normalized spacial score (nSPS) is 16.2. The molecule has 0 radical (unpaired) electrons. The zero-order chi connectivity index (χ0) is 33.5. The lowest BCUT2D eigenvalue weighted by atomic mass is 9.75. The molecule has 1 aliphatic rings. The fourth-order valence-corrected chi connectivity index (χ4v) is 6.56. The molecule has 3 aromatic carbocycles. The minimum absolute atomic E-state index is 0.0319. The van der Waals surface area contributed by atoms with E-state index in [4.69, 9.17) is 0 Å². The Hall–Kier alpha value is -3.22. The van der Waals surface area contributed by atoms with Crippen molar-refractivity contribution in [1.29, 1.82) is 0 Å². The first kappa shape index (κ1) is 37.2. The third-order valence-electron chi connectivity index (χ3n) is 9.13. The van der Waals surface area contributed by atoms with Crippen LogP contribution in [0.5, 0.6) is 0 Å². The number of unbranched alkanes of at least 4 members (excludes halogenated alkanes) is 2. The molecule has 2 N–H and O–H groups in total. The smallest absolute Gasteiger partial charge is 0.145 e. The van der Waals surface area contributed by atoms with Gasteiger partial charge in [0.2, 0.25) is 0 Å². The highest BCUT2D eigenvalue weighted by Crippen LogP contribution is 2.43. The van der Waals surface area contributed by atoms with Gasteiger partial charge in [-0.2, -0.15) is 0 Å². The minimum Gasteiger partial charge on any atom is -0.396 e. The summed E-state index contributed by atoms with van der Waals surface area (Å²) in [5.41, 5.74) is 5.24. The van der Waals surface area contributed by atoms with E-state index in [-0.39, 0.29) is 42.3 Å². The molecule has 6 heteroatoms. The van der Waals surface area contributed by atoms with Crippen LogP contribution in [0.25, 0.3) is 11.1 Å². The maximum Gasteiger partial charge on any atom is 0.145 e. The molecule has 0 bridgehead atoms. The van der Waals surface area contributed by atoms with E-state index in [9.17, 15) is 15.0 Å². The summed E-state index contributed by atoms with van der Waals surface area (Å²) in [4.78, 5) is 9.41. The Kier molecular flexibility index (Phi) is 15.7. The van der Waals surface area contributed by atoms with Crippen molar-refractivity contribution in [3.8, 4) is 11.1 Å². The van der Waals surface area contributed by atoms with Gasteiger partial charge >= 0.3 is 0 Å². The van der Waals surface area contributed by atoms with Crippen molar-refractivity contribution in [2.24, 2.45) is 0 Å². The Labute approximate surface area is 273 Å². The van der Waals surface area contributed by atoms with E-state index in [1.807, 2.05) is 12.1 Å². The maximum atomic E-state index is 15.3. The molecule has 0 spiro atoms. The number of halogens is 3. The van der Waals surface area contributed by atoms with Gasteiger partial charge in [-0.05, 0) is 140 Å². The number of rotatable bonds is 15. The van der Waals surface area contributed by atoms with Crippen molar-refractivity contribution in [2.75, 3.05) is 13.2 Å². The van der Waals surface area contributed by atoms with E-state index < -0.39 is 11.6 Å². The van der Waals surface area contributed by atoms with Crippen LogP contribution in [0, 0.1) is 17.5 Å². The molecule has 250 valence electrons. The lowest BCUT2D eigenvalue weighted by molar-refractivity contribution is -0.104. The van der Waals surface area contributed by atoms with Gasteiger partial charge in [0.1, 0.15) is 23.7 Å². The largest absolute Gasteiger partial charge is 0.396 e.